The van der Waals surface area contributed by atoms with Crippen molar-refractivity contribution in [3.05, 3.63) is 71.6 Å². The highest BCUT2D eigenvalue weighted by molar-refractivity contribution is 14.0. The number of hydrogen-bond acceptors (Lipinski definition) is 5. The Morgan fingerprint density at radius 1 is 1.09 bits per heavy atom. The molecule has 0 unspecified atom stereocenters. The minimum absolute atomic E-state index is 0. The average molecular weight is 563 g/mol. The van der Waals surface area contributed by atoms with E-state index in [1.54, 1.807) is 27.5 Å². The van der Waals surface area contributed by atoms with Crippen molar-refractivity contribution in [2.75, 3.05) is 27.7 Å². The van der Waals surface area contributed by atoms with E-state index in [0.29, 0.717) is 24.9 Å². The fraction of sp³-hybridized carbons (Fsp3) is 0.292. The number of hydrogen-bond donors (Lipinski definition) is 2. The maximum atomic E-state index is 12.0. The van der Waals surface area contributed by atoms with Gasteiger partial charge in [-0.2, -0.15) is 0 Å². The molecule has 3 rings (SSSR count). The molecule has 2 aromatic carbocycles. The summed E-state index contributed by atoms with van der Waals surface area (Å²) < 4.78 is 10.8. The lowest BCUT2D eigenvalue weighted by Crippen LogP contribution is -2.42. The number of ether oxygens (including phenoxy) is 1. The van der Waals surface area contributed by atoms with Gasteiger partial charge in [0.2, 0.25) is 11.8 Å². The van der Waals surface area contributed by atoms with Gasteiger partial charge in [-0.25, -0.2) is 9.98 Å². The summed E-state index contributed by atoms with van der Waals surface area (Å²) in [5.74, 6) is 1.82. The van der Waals surface area contributed by atoms with Crippen LogP contribution in [0.1, 0.15) is 16.8 Å². The first-order valence-corrected chi connectivity index (χ1v) is 10.3. The molecule has 0 saturated carbocycles. The van der Waals surface area contributed by atoms with Crippen LogP contribution in [0.5, 0.6) is 5.75 Å². The van der Waals surface area contributed by atoms with E-state index >= 15 is 0 Å². The van der Waals surface area contributed by atoms with Crippen LogP contribution in [0.25, 0.3) is 11.5 Å². The monoisotopic (exact) mass is 563 g/mol. The number of nitrogens with zero attached hydrogens (tertiary/aromatic N) is 3. The quantitative estimate of drug-likeness (QED) is 0.247. The van der Waals surface area contributed by atoms with Gasteiger partial charge in [0, 0.05) is 19.7 Å². The number of aliphatic imine (C=N–C) groups is 1. The minimum atomic E-state index is -0.0490. The van der Waals surface area contributed by atoms with Gasteiger partial charge in [-0.15, -0.1) is 24.0 Å². The Bertz CT molecular complexity index is 1050. The molecule has 0 spiro atoms. The lowest BCUT2D eigenvalue weighted by atomic mass is 10.1. The van der Waals surface area contributed by atoms with Gasteiger partial charge in [-0.1, -0.05) is 29.8 Å². The van der Waals surface area contributed by atoms with Crippen LogP contribution >= 0.6 is 24.0 Å². The number of halogens is 1. The largest absolute Gasteiger partial charge is 0.497 e. The standard InChI is InChI=1S/C24H29N5O3.HI/c1-17-5-9-19(10-6-17)23-28-20(16-32-23)14-26-24(27-15-22(30)29(2)3)25-13-18-7-11-21(31-4)12-8-18;/h5-12,16H,13-15H2,1-4H3,(H2,25,26,27);1H. The molecule has 33 heavy (non-hydrogen) atoms. The number of aromatic nitrogens is 1. The maximum absolute atomic E-state index is 12.0. The number of amides is 1. The Balaban J connectivity index is 0.00000385. The van der Waals surface area contributed by atoms with E-state index < -0.39 is 0 Å². The Hall–Kier alpha value is -3.08. The molecule has 0 radical (unpaired) electrons. The molecule has 8 nitrogen and oxygen atoms in total. The van der Waals surface area contributed by atoms with Gasteiger partial charge in [0.1, 0.15) is 12.0 Å². The Morgan fingerprint density at radius 3 is 2.42 bits per heavy atom. The van der Waals surface area contributed by atoms with Gasteiger partial charge in [0.25, 0.3) is 0 Å². The molecule has 0 bridgehead atoms. The lowest BCUT2D eigenvalue weighted by molar-refractivity contribution is -0.127. The predicted octanol–water partition coefficient (Wildman–Crippen LogP) is 3.60. The average Bonchev–Trinajstić information content (AvgIpc) is 3.28. The lowest BCUT2D eigenvalue weighted by Gasteiger charge is -2.14. The van der Waals surface area contributed by atoms with Crippen LogP contribution in [0.15, 0.2) is 64.2 Å². The highest BCUT2D eigenvalue weighted by Crippen LogP contribution is 2.19. The topological polar surface area (TPSA) is 92.0 Å². The second-order valence-electron chi connectivity index (χ2n) is 7.52. The summed E-state index contributed by atoms with van der Waals surface area (Å²) in [6.45, 7) is 3.02. The third-order valence-electron chi connectivity index (χ3n) is 4.77. The molecule has 1 aromatic heterocycles. The van der Waals surface area contributed by atoms with Crippen LogP contribution in [0.4, 0.5) is 0 Å². The second-order valence-corrected chi connectivity index (χ2v) is 7.52. The Kier molecular flexibility index (Phi) is 10.2. The number of rotatable bonds is 8. The molecular formula is C24H30IN5O3. The van der Waals surface area contributed by atoms with Gasteiger partial charge in [-0.3, -0.25) is 4.79 Å². The predicted molar refractivity (Wildman–Crippen MR) is 140 cm³/mol. The van der Waals surface area contributed by atoms with Crippen molar-refractivity contribution in [3.8, 4) is 17.2 Å². The molecule has 0 atom stereocenters. The molecule has 0 aliphatic rings. The van der Waals surface area contributed by atoms with E-state index in [1.165, 1.54) is 10.5 Å². The summed E-state index contributed by atoms with van der Waals surface area (Å²) in [7, 11) is 5.07. The SMILES string of the molecule is COc1ccc(CN=C(NCC(=O)N(C)C)NCc2coc(-c3ccc(C)cc3)n2)cc1.I. The van der Waals surface area contributed by atoms with Gasteiger partial charge >= 0.3 is 0 Å². The van der Waals surface area contributed by atoms with E-state index in [4.69, 9.17) is 9.15 Å². The molecule has 1 amide bonds. The molecular weight excluding hydrogens is 533 g/mol. The van der Waals surface area contributed by atoms with Gasteiger partial charge in [-0.05, 0) is 36.8 Å². The molecule has 0 aliphatic carbocycles. The number of oxazole rings is 1. The van der Waals surface area contributed by atoms with Crippen LogP contribution in [0.2, 0.25) is 0 Å². The normalized spacial score (nSPS) is 10.8. The van der Waals surface area contributed by atoms with Gasteiger partial charge < -0.3 is 24.7 Å². The second kappa shape index (κ2) is 12.8. The third kappa shape index (κ3) is 8.08. The summed E-state index contributed by atoms with van der Waals surface area (Å²) in [6, 6.07) is 15.7. The number of nitrogens with one attached hydrogen (secondary N) is 2. The van der Waals surface area contributed by atoms with Crippen molar-refractivity contribution in [2.45, 2.75) is 20.0 Å². The molecule has 0 aliphatic heterocycles. The van der Waals surface area contributed by atoms with Crippen LogP contribution in [-0.2, 0) is 17.9 Å². The van der Waals surface area contributed by atoms with Gasteiger partial charge in [0.15, 0.2) is 5.96 Å². The first-order chi connectivity index (χ1) is 15.4. The van der Waals surface area contributed by atoms with Crippen molar-refractivity contribution >= 4 is 35.8 Å². The number of likely N-dealkylation sites (N-methyl/N-ethyl adjacent to an activating group) is 1. The molecule has 0 fully saturated rings. The van der Waals surface area contributed by atoms with E-state index in [1.807, 2.05) is 55.5 Å². The molecule has 9 heteroatoms. The first-order valence-electron chi connectivity index (χ1n) is 10.3. The summed E-state index contributed by atoms with van der Waals surface area (Å²) in [4.78, 5) is 22.7. The Labute approximate surface area is 211 Å². The third-order valence-corrected chi connectivity index (χ3v) is 4.77. The van der Waals surface area contributed by atoms with E-state index in [9.17, 15) is 4.79 Å². The highest BCUT2D eigenvalue weighted by atomic mass is 127. The minimum Gasteiger partial charge on any atom is -0.497 e. The van der Waals surface area contributed by atoms with Crippen molar-refractivity contribution in [1.82, 2.24) is 20.5 Å². The van der Waals surface area contributed by atoms with E-state index in [2.05, 4.69) is 20.6 Å². The summed E-state index contributed by atoms with van der Waals surface area (Å²) in [5, 5.41) is 6.29. The molecule has 176 valence electrons. The highest BCUT2D eigenvalue weighted by Gasteiger charge is 2.09. The fourth-order valence-corrected chi connectivity index (χ4v) is 2.78. The van der Waals surface area contributed by atoms with Gasteiger partial charge in [0.05, 0.1) is 32.4 Å². The molecule has 2 N–H and O–H groups in total. The van der Waals surface area contributed by atoms with Crippen molar-refractivity contribution < 1.29 is 13.9 Å². The summed E-state index contributed by atoms with van der Waals surface area (Å²) in [5.41, 5.74) is 3.86. The van der Waals surface area contributed by atoms with Crippen molar-refractivity contribution in [1.29, 1.82) is 0 Å². The number of benzene rings is 2. The van der Waals surface area contributed by atoms with Crippen LogP contribution in [0.3, 0.4) is 0 Å². The van der Waals surface area contributed by atoms with Crippen LogP contribution in [-0.4, -0.2) is 49.5 Å². The van der Waals surface area contributed by atoms with E-state index in [-0.39, 0.29) is 36.4 Å². The van der Waals surface area contributed by atoms with Crippen molar-refractivity contribution in [2.24, 2.45) is 4.99 Å². The molecule has 0 saturated heterocycles. The number of methoxy groups -OCH3 is 1. The number of carbonyl (C=O) groups is 1. The number of guanidine groups is 1. The van der Waals surface area contributed by atoms with E-state index in [0.717, 1.165) is 22.6 Å². The molecule has 3 aromatic rings. The molecule has 1 heterocycles. The smallest absolute Gasteiger partial charge is 0.241 e. The summed E-state index contributed by atoms with van der Waals surface area (Å²) >= 11 is 0. The first kappa shape index (κ1) is 26.2. The fourth-order valence-electron chi connectivity index (χ4n) is 2.78. The zero-order valence-corrected chi connectivity index (χ0v) is 21.6. The number of aryl methyl sites for hydroxylation is 1. The van der Waals surface area contributed by atoms with Crippen molar-refractivity contribution in [3.63, 3.8) is 0 Å². The number of carbonyl (C=O) groups excluding carboxylic acids is 1. The van der Waals surface area contributed by atoms with Crippen LogP contribution < -0.4 is 15.4 Å². The summed E-state index contributed by atoms with van der Waals surface area (Å²) in [6.07, 6.45) is 1.62. The zero-order valence-electron chi connectivity index (χ0n) is 19.3. The zero-order chi connectivity index (χ0) is 22.9. The Morgan fingerprint density at radius 2 is 1.79 bits per heavy atom. The maximum Gasteiger partial charge on any atom is 0.241 e. The van der Waals surface area contributed by atoms with Crippen LogP contribution in [0, 0.1) is 6.92 Å².